The highest BCUT2D eigenvalue weighted by Crippen LogP contribution is 2.25. The second-order valence-electron chi connectivity index (χ2n) is 4.18. The Morgan fingerprint density at radius 1 is 1.53 bits per heavy atom. The molecule has 0 radical (unpaired) electrons. The Morgan fingerprint density at radius 2 is 2.29 bits per heavy atom. The third-order valence-electron chi connectivity index (χ3n) is 2.98. The van der Waals surface area contributed by atoms with E-state index in [1.807, 2.05) is 12.3 Å². The summed E-state index contributed by atoms with van der Waals surface area (Å²) in [6.45, 7) is 4.39. The summed E-state index contributed by atoms with van der Waals surface area (Å²) < 4.78 is 3.89. The molecule has 92 valence electrons. The average Bonchev–Trinajstić information content (AvgIpc) is 2.61. The number of nitrogens with zero attached hydrogens (tertiary/aromatic N) is 2. The Balaban J connectivity index is 2.59. The van der Waals surface area contributed by atoms with E-state index < -0.39 is 0 Å². The van der Waals surface area contributed by atoms with Crippen molar-refractivity contribution in [1.82, 2.24) is 14.5 Å². The van der Waals surface area contributed by atoms with Crippen LogP contribution in [0.4, 0.5) is 0 Å². The van der Waals surface area contributed by atoms with Crippen LogP contribution >= 0.6 is 28.1 Å². The smallest absolute Gasteiger partial charge is 0.179 e. The number of H-pyrrole nitrogens is 1. The standard InChI is InChI=1S/C12H16BrN3S/c1-3-5-9(4-2)16-11-10(15-12(16)17)6-8(13)7-14-11/h6-7,9H,3-5H2,1-2H3,(H,15,17). The van der Waals surface area contributed by atoms with Gasteiger partial charge in [-0.05, 0) is 47.1 Å². The van der Waals surface area contributed by atoms with E-state index in [1.165, 1.54) is 0 Å². The maximum Gasteiger partial charge on any atom is 0.179 e. The van der Waals surface area contributed by atoms with Crippen molar-refractivity contribution in [3.63, 3.8) is 0 Å². The summed E-state index contributed by atoms with van der Waals surface area (Å²) in [5.41, 5.74) is 1.96. The molecule has 1 unspecified atom stereocenters. The Bertz CT molecular complexity index is 573. The van der Waals surface area contributed by atoms with Crippen LogP contribution in [0.5, 0.6) is 0 Å². The number of hydrogen-bond acceptors (Lipinski definition) is 2. The van der Waals surface area contributed by atoms with Gasteiger partial charge >= 0.3 is 0 Å². The zero-order chi connectivity index (χ0) is 12.4. The van der Waals surface area contributed by atoms with E-state index in [4.69, 9.17) is 12.2 Å². The molecule has 0 aliphatic rings. The predicted molar refractivity (Wildman–Crippen MR) is 76.9 cm³/mol. The van der Waals surface area contributed by atoms with Crippen molar-refractivity contribution in [3.05, 3.63) is 21.5 Å². The van der Waals surface area contributed by atoms with E-state index in [1.54, 1.807) is 0 Å². The molecule has 0 spiro atoms. The normalized spacial score (nSPS) is 13.1. The van der Waals surface area contributed by atoms with E-state index in [2.05, 4.69) is 44.3 Å². The first-order valence-corrected chi connectivity index (χ1v) is 7.13. The number of fused-ring (bicyclic) bond motifs is 1. The lowest BCUT2D eigenvalue weighted by molar-refractivity contribution is 0.451. The molecule has 3 nitrogen and oxygen atoms in total. The monoisotopic (exact) mass is 313 g/mol. The Labute approximate surface area is 114 Å². The van der Waals surface area contributed by atoms with Gasteiger partial charge in [0.2, 0.25) is 0 Å². The first-order chi connectivity index (χ1) is 8.17. The fourth-order valence-corrected chi connectivity index (χ4v) is 2.85. The first kappa shape index (κ1) is 12.8. The zero-order valence-corrected chi connectivity index (χ0v) is 12.4. The number of halogens is 1. The lowest BCUT2D eigenvalue weighted by Crippen LogP contribution is -2.08. The zero-order valence-electron chi connectivity index (χ0n) is 10.0. The van der Waals surface area contributed by atoms with Gasteiger partial charge in [-0.3, -0.25) is 4.57 Å². The first-order valence-electron chi connectivity index (χ1n) is 5.93. The summed E-state index contributed by atoms with van der Waals surface area (Å²) >= 11 is 8.83. The van der Waals surface area contributed by atoms with Crippen LogP contribution in [0.15, 0.2) is 16.7 Å². The van der Waals surface area contributed by atoms with Crippen molar-refractivity contribution in [2.24, 2.45) is 0 Å². The van der Waals surface area contributed by atoms with Crippen LogP contribution < -0.4 is 0 Å². The molecule has 17 heavy (non-hydrogen) atoms. The van der Waals surface area contributed by atoms with E-state index >= 15 is 0 Å². The fourth-order valence-electron chi connectivity index (χ4n) is 2.18. The van der Waals surface area contributed by atoms with E-state index in [9.17, 15) is 0 Å². The van der Waals surface area contributed by atoms with E-state index in [0.29, 0.717) is 6.04 Å². The highest BCUT2D eigenvalue weighted by atomic mass is 79.9. The molecule has 0 saturated carbocycles. The highest BCUT2D eigenvalue weighted by Gasteiger charge is 2.14. The lowest BCUT2D eigenvalue weighted by atomic mass is 10.1. The average molecular weight is 314 g/mol. The van der Waals surface area contributed by atoms with Gasteiger partial charge in [-0.1, -0.05) is 20.3 Å². The second kappa shape index (κ2) is 5.31. The molecular weight excluding hydrogens is 298 g/mol. The second-order valence-corrected chi connectivity index (χ2v) is 5.48. The Morgan fingerprint density at radius 3 is 2.94 bits per heavy atom. The van der Waals surface area contributed by atoms with Gasteiger partial charge in [-0.2, -0.15) is 0 Å². The number of aromatic amines is 1. The summed E-state index contributed by atoms with van der Waals surface area (Å²) in [5.74, 6) is 0. The molecule has 2 aromatic heterocycles. The quantitative estimate of drug-likeness (QED) is 0.836. The fraction of sp³-hybridized carbons (Fsp3) is 0.500. The third-order valence-corrected chi connectivity index (χ3v) is 3.71. The topological polar surface area (TPSA) is 33.6 Å². The number of aromatic nitrogens is 3. The van der Waals surface area contributed by atoms with Crippen molar-refractivity contribution in [2.75, 3.05) is 0 Å². The van der Waals surface area contributed by atoms with Crippen LogP contribution in [0, 0.1) is 4.77 Å². The van der Waals surface area contributed by atoms with Crippen LogP contribution in [0.25, 0.3) is 11.2 Å². The summed E-state index contributed by atoms with van der Waals surface area (Å²) in [5, 5.41) is 0. The molecule has 1 N–H and O–H groups in total. The van der Waals surface area contributed by atoms with E-state index in [-0.39, 0.29) is 0 Å². The van der Waals surface area contributed by atoms with Crippen molar-refractivity contribution in [1.29, 1.82) is 0 Å². The largest absolute Gasteiger partial charge is 0.329 e. The summed E-state index contributed by atoms with van der Waals surface area (Å²) in [4.78, 5) is 7.70. The molecule has 0 saturated heterocycles. The van der Waals surface area contributed by atoms with E-state index in [0.717, 1.165) is 39.7 Å². The van der Waals surface area contributed by atoms with Crippen molar-refractivity contribution >= 4 is 39.3 Å². The third kappa shape index (κ3) is 2.45. The van der Waals surface area contributed by atoms with Gasteiger partial charge in [0.1, 0.15) is 0 Å². The van der Waals surface area contributed by atoms with Gasteiger partial charge in [0.15, 0.2) is 10.4 Å². The Kier molecular flexibility index (Phi) is 3.99. The summed E-state index contributed by atoms with van der Waals surface area (Å²) in [6, 6.07) is 2.46. The molecular formula is C12H16BrN3S. The number of hydrogen-bond donors (Lipinski definition) is 1. The molecule has 0 bridgehead atoms. The minimum Gasteiger partial charge on any atom is -0.329 e. The van der Waals surface area contributed by atoms with Gasteiger partial charge in [0, 0.05) is 16.7 Å². The van der Waals surface area contributed by atoms with Crippen LogP contribution in [0.1, 0.15) is 39.2 Å². The number of rotatable bonds is 4. The number of pyridine rings is 1. The molecule has 5 heteroatoms. The number of imidazole rings is 1. The van der Waals surface area contributed by atoms with Crippen LogP contribution in [-0.4, -0.2) is 14.5 Å². The van der Waals surface area contributed by atoms with Gasteiger partial charge < -0.3 is 4.98 Å². The van der Waals surface area contributed by atoms with Gasteiger partial charge in [-0.15, -0.1) is 0 Å². The molecule has 2 rings (SSSR count). The Hall–Kier alpha value is -0.680. The maximum atomic E-state index is 5.41. The number of nitrogens with one attached hydrogen (secondary N) is 1. The van der Waals surface area contributed by atoms with Crippen LogP contribution in [0.3, 0.4) is 0 Å². The lowest BCUT2D eigenvalue weighted by Gasteiger charge is -2.16. The van der Waals surface area contributed by atoms with Gasteiger partial charge in [0.05, 0.1) is 5.52 Å². The molecule has 0 aliphatic carbocycles. The van der Waals surface area contributed by atoms with Gasteiger partial charge in [0.25, 0.3) is 0 Å². The van der Waals surface area contributed by atoms with Crippen LogP contribution in [-0.2, 0) is 0 Å². The molecule has 0 aliphatic heterocycles. The maximum absolute atomic E-state index is 5.41. The minimum atomic E-state index is 0.440. The minimum absolute atomic E-state index is 0.440. The van der Waals surface area contributed by atoms with Crippen molar-refractivity contribution in [3.8, 4) is 0 Å². The molecule has 1 atom stereocenters. The molecule has 0 aromatic carbocycles. The highest BCUT2D eigenvalue weighted by molar-refractivity contribution is 9.10. The van der Waals surface area contributed by atoms with Crippen LogP contribution in [0.2, 0.25) is 0 Å². The van der Waals surface area contributed by atoms with Crippen molar-refractivity contribution < 1.29 is 0 Å². The molecule has 2 heterocycles. The summed E-state index contributed by atoms with van der Waals surface area (Å²) in [7, 11) is 0. The molecule has 0 amide bonds. The molecule has 0 fully saturated rings. The molecule has 2 aromatic rings. The van der Waals surface area contributed by atoms with Gasteiger partial charge in [-0.25, -0.2) is 4.98 Å². The SMILES string of the molecule is CCCC(CC)n1c(=S)[nH]c2cc(Br)cnc21. The van der Waals surface area contributed by atoms with Crippen molar-refractivity contribution in [2.45, 2.75) is 39.2 Å². The summed E-state index contributed by atoms with van der Waals surface area (Å²) in [6.07, 6.45) is 5.19. The predicted octanol–water partition coefficient (Wildman–Crippen LogP) is 4.61.